The number of nitrogens with one attached hydrogen (secondary N) is 1. The van der Waals surface area contributed by atoms with Crippen LogP contribution in [0.15, 0.2) is 42.5 Å². The molecule has 1 N–H and O–H groups in total. The highest BCUT2D eigenvalue weighted by molar-refractivity contribution is 7.93. The van der Waals surface area contributed by atoms with Crippen molar-refractivity contribution in [2.75, 3.05) is 18.0 Å². The molecule has 0 spiro atoms. The number of fused-ring (bicyclic) bond motifs is 1. The summed E-state index contributed by atoms with van der Waals surface area (Å²) in [5.74, 6) is 0.549. The first kappa shape index (κ1) is 20.2. The molecule has 1 fully saturated rings. The van der Waals surface area contributed by atoms with Crippen LogP contribution in [0.4, 0.5) is 10.1 Å². The number of nitriles is 1. The van der Waals surface area contributed by atoms with Gasteiger partial charge in [-0.3, -0.25) is 4.72 Å². The SMILES string of the molecule is CCn1c(-c2ccc(NS(=O)(=O)C3CC3)cc2)c(C#N)c2ccc(OCCF)cc21. The minimum absolute atomic E-state index is 0.0193. The number of nitrogens with zero attached hydrogens (tertiary/aromatic N) is 2. The molecule has 1 heterocycles. The zero-order chi connectivity index (χ0) is 21.3. The van der Waals surface area contributed by atoms with E-state index < -0.39 is 16.7 Å². The van der Waals surface area contributed by atoms with Crippen molar-refractivity contribution in [3.8, 4) is 23.1 Å². The second-order valence-corrected chi connectivity index (χ2v) is 9.18. The largest absolute Gasteiger partial charge is 0.491 e. The van der Waals surface area contributed by atoms with Crippen molar-refractivity contribution in [2.45, 2.75) is 31.6 Å². The van der Waals surface area contributed by atoms with E-state index in [0.29, 0.717) is 36.4 Å². The molecular formula is C22H22FN3O3S. The topological polar surface area (TPSA) is 84.1 Å². The van der Waals surface area contributed by atoms with Crippen LogP contribution in [0.2, 0.25) is 0 Å². The molecule has 156 valence electrons. The van der Waals surface area contributed by atoms with Gasteiger partial charge in [-0.25, -0.2) is 12.8 Å². The van der Waals surface area contributed by atoms with Gasteiger partial charge in [-0.05, 0) is 49.6 Å². The Bertz CT molecular complexity index is 1220. The lowest BCUT2D eigenvalue weighted by atomic mass is 10.1. The molecule has 1 aliphatic carbocycles. The van der Waals surface area contributed by atoms with Gasteiger partial charge < -0.3 is 9.30 Å². The van der Waals surface area contributed by atoms with Crippen LogP contribution in [0, 0.1) is 11.3 Å². The Morgan fingerprint density at radius 2 is 1.97 bits per heavy atom. The zero-order valence-corrected chi connectivity index (χ0v) is 17.4. The van der Waals surface area contributed by atoms with Gasteiger partial charge in [0.05, 0.1) is 22.0 Å². The van der Waals surface area contributed by atoms with Crippen molar-refractivity contribution in [2.24, 2.45) is 0 Å². The molecule has 0 aliphatic heterocycles. The van der Waals surface area contributed by atoms with Crippen molar-refractivity contribution in [1.29, 1.82) is 5.26 Å². The maximum absolute atomic E-state index is 12.4. The summed E-state index contributed by atoms with van der Waals surface area (Å²) in [6, 6.07) is 14.7. The Hall–Kier alpha value is -3.05. The van der Waals surface area contributed by atoms with Gasteiger partial charge in [0, 0.05) is 23.7 Å². The van der Waals surface area contributed by atoms with Gasteiger partial charge in [-0.15, -0.1) is 0 Å². The van der Waals surface area contributed by atoms with Crippen LogP contribution in [0.1, 0.15) is 25.3 Å². The van der Waals surface area contributed by atoms with E-state index in [0.717, 1.165) is 22.2 Å². The summed E-state index contributed by atoms with van der Waals surface area (Å²) in [7, 11) is -3.32. The monoisotopic (exact) mass is 427 g/mol. The van der Waals surface area contributed by atoms with Crippen LogP contribution in [0.5, 0.6) is 5.75 Å². The molecule has 2 aromatic carbocycles. The van der Waals surface area contributed by atoms with Crippen LogP contribution in [0.25, 0.3) is 22.2 Å². The number of alkyl halides is 1. The second kappa shape index (κ2) is 8.00. The standard InChI is InChI=1S/C22H22FN3O3S/c1-2-26-21-13-17(29-12-11-23)7-10-19(21)20(14-24)22(26)15-3-5-16(6-4-15)25-30(27,28)18-8-9-18/h3-7,10,13,18,25H,2,8-9,11-12H2,1H3. The molecule has 0 atom stereocenters. The number of aromatic nitrogens is 1. The fourth-order valence-corrected chi connectivity index (χ4v) is 5.03. The number of hydrogen-bond acceptors (Lipinski definition) is 4. The van der Waals surface area contributed by atoms with Crippen LogP contribution in [-0.2, 0) is 16.6 Å². The predicted molar refractivity (Wildman–Crippen MR) is 115 cm³/mol. The quantitative estimate of drug-likeness (QED) is 0.576. The first-order valence-electron chi connectivity index (χ1n) is 9.85. The molecule has 0 unspecified atom stereocenters. The van der Waals surface area contributed by atoms with Gasteiger partial charge in [0.2, 0.25) is 10.0 Å². The van der Waals surface area contributed by atoms with E-state index in [1.54, 1.807) is 18.2 Å². The van der Waals surface area contributed by atoms with Crippen molar-refractivity contribution in [1.82, 2.24) is 4.57 Å². The molecule has 0 amide bonds. The Labute approximate surface area is 174 Å². The van der Waals surface area contributed by atoms with Gasteiger partial charge in [0.15, 0.2) is 0 Å². The van der Waals surface area contributed by atoms with Crippen molar-refractivity contribution in [3.05, 3.63) is 48.0 Å². The van der Waals surface area contributed by atoms with Crippen LogP contribution >= 0.6 is 0 Å². The molecule has 1 saturated carbocycles. The fraction of sp³-hybridized carbons (Fsp3) is 0.318. The van der Waals surface area contributed by atoms with Gasteiger partial charge in [-0.2, -0.15) is 5.26 Å². The predicted octanol–water partition coefficient (Wildman–Crippen LogP) is 4.45. The van der Waals surface area contributed by atoms with E-state index in [9.17, 15) is 18.1 Å². The van der Waals surface area contributed by atoms with E-state index >= 15 is 0 Å². The van der Waals surface area contributed by atoms with Gasteiger partial charge in [0.1, 0.15) is 25.1 Å². The molecule has 6 nitrogen and oxygen atoms in total. The molecule has 3 aromatic rings. The number of anilines is 1. The van der Waals surface area contributed by atoms with Gasteiger partial charge in [-0.1, -0.05) is 12.1 Å². The highest BCUT2D eigenvalue weighted by atomic mass is 32.2. The van der Waals surface area contributed by atoms with Crippen LogP contribution < -0.4 is 9.46 Å². The Balaban J connectivity index is 1.74. The minimum atomic E-state index is -3.32. The lowest BCUT2D eigenvalue weighted by Crippen LogP contribution is -2.17. The van der Waals surface area contributed by atoms with Crippen molar-refractivity contribution in [3.63, 3.8) is 0 Å². The Morgan fingerprint density at radius 1 is 1.23 bits per heavy atom. The second-order valence-electron chi connectivity index (χ2n) is 7.22. The number of benzene rings is 2. The third-order valence-corrected chi connectivity index (χ3v) is 7.06. The summed E-state index contributed by atoms with van der Waals surface area (Å²) in [5.41, 5.74) is 3.44. The lowest BCUT2D eigenvalue weighted by molar-refractivity contribution is 0.273. The lowest BCUT2D eigenvalue weighted by Gasteiger charge is -2.11. The first-order chi connectivity index (χ1) is 14.5. The number of aryl methyl sites for hydroxylation is 1. The van der Waals surface area contributed by atoms with E-state index in [1.807, 2.05) is 35.8 Å². The number of ether oxygens (including phenoxy) is 1. The summed E-state index contributed by atoms with van der Waals surface area (Å²) in [4.78, 5) is 0. The van der Waals surface area contributed by atoms with Gasteiger partial charge >= 0.3 is 0 Å². The first-order valence-corrected chi connectivity index (χ1v) is 11.4. The fourth-order valence-electron chi connectivity index (χ4n) is 3.64. The summed E-state index contributed by atoms with van der Waals surface area (Å²) in [6.45, 7) is 2.01. The van der Waals surface area contributed by atoms with E-state index in [2.05, 4.69) is 10.8 Å². The molecule has 0 saturated heterocycles. The summed E-state index contributed by atoms with van der Waals surface area (Å²) in [5, 5.41) is 10.3. The summed E-state index contributed by atoms with van der Waals surface area (Å²) in [6.07, 6.45) is 1.40. The molecular weight excluding hydrogens is 405 g/mol. The summed E-state index contributed by atoms with van der Waals surface area (Å²) < 4.78 is 46.8. The molecule has 4 rings (SSSR count). The highest BCUT2D eigenvalue weighted by Gasteiger charge is 2.35. The summed E-state index contributed by atoms with van der Waals surface area (Å²) >= 11 is 0. The minimum Gasteiger partial charge on any atom is -0.491 e. The number of sulfonamides is 1. The van der Waals surface area contributed by atoms with E-state index in [1.165, 1.54) is 0 Å². The Kier molecular flexibility index (Phi) is 5.39. The highest BCUT2D eigenvalue weighted by Crippen LogP contribution is 2.36. The third kappa shape index (κ3) is 3.73. The molecule has 1 aromatic heterocycles. The number of rotatable bonds is 8. The van der Waals surface area contributed by atoms with E-state index in [-0.39, 0.29) is 11.9 Å². The van der Waals surface area contributed by atoms with Gasteiger partial charge in [0.25, 0.3) is 0 Å². The van der Waals surface area contributed by atoms with Crippen LogP contribution in [-0.4, -0.2) is 31.5 Å². The van der Waals surface area contributed by atoms with Crippen LogP contribution in [0.3, 0.4) is 0 Å². The molecule has 1 aliphatic rings. The maximum Gasteiger partial charge on any atom is 0.235 e. The molecule has 0 radical (unpaired) electrons. The molecule has 0 bridgehead atoms. The van der Waals surface area contributed by atoms with Crippen molar-refractivity contribution >= 4 is 26.6 Å². The normalized spacial score (nSPS) is 13.9. The zero-order valence-electron chi connectivity index (χ0n) is 16.6. The third-order valence-electron chi connectivity index (χ3n) is 5.19. The van der Waals surface area contributed by atoms with E-state index in [4.69, 9.17) is 4.74 Å². The average Bonchev–Trinajstić information content (AvgIpc) is 3.55. The molecule has 8 heteroatoms. The average molecular weight is 428 g/mol. The molecule has 30 heavy (non-hydrogen) atoms. The van der Waals surface area contributed by atoms with Crippen molar-refractivity contribution < 1.29 is 17.5 Å². The number of halogens is 1. The Morgan fingerprint density at radius 3 is 2.57 bits per heavy atom. The smallest absolute Gasteiger partial charge is 0.235 e. The number of hydrogen-bond donors (Lipinski definition) is 1. The maximum atomic E-state index is 12.4.